The van der Waals surface area contributed by atoms with Crippen LogP contribution in [0.25, 0.3) is 0 Å². The summed E-state index contributed by atoms with van der Waals surface area (Å²) in [6.07, 6.45) is 0.786. The second kappa shape index (κ2) is 5.16. The molecule has 1 aromatic carbocycles. The van der Waals surface area contributed by atoms with Crippen LogP contribution in [0.15, 0.2) is 18.2 Å². The monoisotopic (exact) mass is 268 g/mol. The molecule has 1 amide bonds. The van der Waals surface area contributed by atoms with Crippen LogP contribution in [0.3, 0.4) is 0 Å². The number of nitrogens with zero attached hydrogens (tertiary/aromatic N) is 1. The van der Waals surface area contributed by atoms with E-state index >= 15 is 0 Å². The SMILES string of the molecule is CC1CN(C(=O)c2cc(Cl)ccc2O)CCC1N. The molecule has 2 rings (SSSR count). The zero-order valence-electron chi connectivity index (χ0n) is 10.3. The Morgan fingerprint density at radius 1 is 1.56 bits per heavy atom. The Labute approximate surface area is 111 Å². The molecule has 0 aromatic heterocycles. The first-order valence-electron chi connectivity index (χ1n) is 6.02. The fraction of sp³-hybridized carbons (Fsp3) is 0.462. The van der Waals surface area contributed by atoms with Crippen LogP contribution >= 0.6 is 11.6 Å². The predicted molar refractivity (Wildman–Crippen MR) is 70.8 cm³/mol. The largest absolute Gasteiger partial charge is 0.507 e. The van der Waals surface area contributed by atoms with Crippen molar-refractivity contribution in [1.29, 1.82) is 0 Å². The van der Waals surface area contributed by atoms with Crippen molar-refractivity contribution in [2.75, 3.05) is 13.1 Å². The Bertz CT molecular complexity index is 464. The summed E-state index contributed by atoms with van der Waals surface area (Å²) in [6, 6.07) is 4.64. The molecule has 4 nitrogen and oxygen atoms in total. The summed E-state index contributed by atoms with van der Waals surface area (Å²) in [5, 5.41) is 10.2. The van der Waals surface area contributed by atoms with Crippen LogP contribution in [-0.2, 0) is 0 Å². The van der Waals surface area contributed by atoms with Crippen molar-refractivity contribution >= 4 is 17.5 Å². The summed E-state index contributed by atoms with van der Waals surface area (Å²) in [5.74, 6) is 0.0460. The van der Waals surface area contributed by atoms with Crippen molar-refractivity contribution in [3.63, 3.8) is 0 Å². The molecule has 1 heterocycles. The number of carbonyl (C=O) groups is 1. The Balaban J connectivity index is 2.19. The summed E-state index contributed by atoms with van der Waals surface area (Å²) in [7, 11) is 0. The molecule has 1 aliphatic rings. The number of halogens is 1. The summed E-state index contributed by atoms with van der Waals surface area (Å²) in [4.78, 5) is 14.0. The molecule has 0 spiro atoms. The lowest BCUT2D eigenvalue weighted by molar-refractivity contribution is 0.0661. The molecule has 1 aromatic rings. The van der Waals surface area contributed by atoms with Gasteiger partial charge < -0.3 is 15.7 Å². The molecule has 1 saturated heterocycles. The predicted octanol–water partition coefficient (Wildman–Crippen LogP) is 1.85. The third-order valence-corrected chi connectivity index (χ3v) is 3.68. The number of hydrogen-bond acceptors (Lipinski definition) is 3. The van der Waals surface area contributed by atoms with Gasteiger partial charge in [-0.25, -0.2) is 0 Å². The number of aromatic hydroxyl groups is 1. The van der Waals surface area contributed by atoms with Crippen molar-refractivity contribution in [2.45, 2.75) is 19.4 Å². The fourth-order valence-electron chi connectivity index (χ4n) is 2.20. The molecule has 1 aliphatic heterocycles. The number of rotatable bonds is 1. The maximum absolute atomic E-state index is 12.3. The Hall–Kier alpha value is -1.26. The number of piperidine rings is 1. The summed E-state index contributed by atoms with van der Waals surface area (Å²) < 4.78 is 0. The number of hydrogen-bond donors (Lipinski definition) is 2. The van der Waals surface area contributed by atoms with Gasteiger partial charge in [-0.3, -0.25) is 4.79 Å². The standard InChI is InChI=1S/C13H17ClN2O2/c1-8-7-16(5-4-11(8)15)13(18)10-6-9(14)2-3-12(10)17/h2-3,6,8,11,17H,4-5,7,15H2,1H3. The second-order valence-corrected chi connectivity index (χ2v) is 5.28. The molecule has 3 N–H and O–H groups in total. The molecule has 18 heavy (non-hydrogen) atoms. The van der Waals surface area contributed by atoms with E-state index in [2.05, 4.69) is 0 Å². The van der Waals surface area contributed by atoms with Gasteiger partial charge in [-0.15, -0.1) is 0 Å². The first kappa shape index (κ1) is 13.2. The van der Waals surface area contributed by atoms with E-state index in [4.69, 9.17) is 17.3 Å². The van der Waals surface area contributed by atoms with Crippen molar-refractivity contribution < 1.29 is 9.90 Å². The molecule has 0 bridgehead atoms. The lowest BCUT2D eigenvalue weighted by atomic mass is 9.94. The molecular weight excluding hydrogens is 252 g/mol. The number of amides is 1. The number of likely N-dealkylation sites (tertiary alicyclic amines) is 1. The number of phenols is 1. The zero-order chi connectivity index (χ0) is 13.3. The smallest absolute Gasteiger partial charge is 0.257 e. The molecule has 1 fully saturated rings. The van der Waals surface area contributed by atoms with Crippen molar-refractivity contribution in [1.82, 2.24) is 4.90 Å². The van der Waals surface area contributed by atoms with Crippen LogP contribution in [0.1, 0.15) is 23.7 Å². The first-order valence-corrected chi connectivity index (χ1v) is 6.40. The third kappa shape index (κ3) is 2.60. The molecule has 98 valence electrons. The Morgan fingerprint density at radius 2 is 2.28 bits per heavy atom. The van der Waals surface area contributed by atoms with E-state index in [1.807, 2.05) is 6.92 Å². The van der Waals surface area contributed by atoms with Crippen LogP contribution in [0.2, 0.25) is 5.02 Å². The Morgan fingerprint density at radius 3 is 2.94 bits per heavy atom. The minimum Gasteiger partial charge on any atom is -0.507 e. The van der Waals surface area contributed by atoms with E-state index in [1.165, 1.54) is 12.1 Å². The molecule has 0 radical (unpaired) electrons. The highest BCUT2D eigenvalue weighted by atomic mass is 35.5. The van der Waals surface area contributed by atoms with Gasteiger partial charge in [0.05, 0.1) is 5.56 Å². The van der Waals surface area contributed by atoms with Crippen molar-refractivity contribution in [2.24, 2.45) is 11.7 Å². The molecule has 5 heteroatoms. The highest BCUT2D eigenvalue weighted by Crippen LogP contribution is 2.25. The number of carbonyl (C=O) groups excluding carboxylic acids is 1. The van der Waals surface area contributed by atoms with E-state index in [0.717, 1.165) is 6.42 Å². The van der Waals surface area contributed by atoms with Gasteiger partial charge in [0, 0.05) is 24.2 Å². The number of benzene rings is 1. The van der Waals surface area contributed by atoms with Crippen LogP contribution in [0.5, 0.6) is 5.75 Å². The van der Waals surface area contributed by atoms with Gasteiger partial charge in [-0.1, -0.05) is 18.5 Å². The highest BCUT2D eigenvalue weighted by Gasteiger charge is 2.28. The summed E-state index contributed by atoms with van der Waals surface area (Å²) >= 11 is 5.85. The lowest BCUT2D eigenvalue weighted by Crippen LogP contribution is -2.48. The van der Waals surface area contributed by atoms with E-state index in [-0.39, 0.29) is 29.2 Å². The lowest BCUT2D eigenvalue weighted by Gasteiger charge is -2.35. The Kier molecular flexibility index (Phi) is 3.78. The van der Waals surface area contributed by atoms with Crippen molar-refractivity contribution in [3.05, 3.63) is 28.8 Å². The number of phenolic OH excluding ortho intramolecular Hbond substituents is 1. The van der Waals surface area contributed by atoms with E-state index < -0.39 is 0 Å². The van der Waals surface area contributed by atoms with Gasteiger partial charge >= 0.3 is 0 Å². The van der Waals surface area contributed by atoms with Gasteiger partial charge in [0.15, 0.2) is 0 Å². The van der Waals surface area contributed by atoms with Gasteiger partial charge in [0.2, 0.25) is 0 Å². The fourth-order valence-corrected chi connectivity index (χ4v) is 2.37. The van der Waals surface area contributed by atoms with Gasteiger partial charge in [0.1, 0.15) is 5.75 Å². The molecule has 2 unspecified atom stereocenters. The van der Waals surface area contributed by atoms with E-state index in [9.17, 15) is 9.90 Å². The third-order valence-electron chi connectivity index (χ3n) is 3.45. The quantitative estimate of drug-likeness (QED) is 0.817. The topological polar surface area (TPSA) is 66.6 Å². The average molecular weight is 269 g/mol. The molecule has 2 atom stereocenters. The maximum atomic E-state index is 12.3. The normalized spacial score (nSPS) is 24.1. The average Bonchev–Trinajstić information content (AvgIpc) is 2.35. The number of nitrogens with two attached hydrogens (primary N) is 1. The van der Waals surface area contributed by atoms with Gasteiger partial charge in [-0.2, -0.15) is 0 Å². The molecule has 0 saturated carbocycles. The summed E-state index contributed by atoms with van der Waals surface area (Å²) in [5.41, 5.74) is 6.18. The zero-order valence-corrected chi connectivity index (χ0v) is 11.0. The molecular formula is C13H17ClN2O2. The van der Waals surface area contributed by atoms with Crippen molar-refractivity contribution in [3.8, 4) is 5.75 Å². The van der Waals surface area contributed by atoms with Gasteiger partial charge in [0.25, 0.3) is 5.91 Å². The van der Waals surface area contributed by atoms with Crippen LogP contribution in [-0.4, -0.2) is 35.0 Å². The van der Waals surface area contributed by atoms with Gasteiger partial charge in [-0.05, 0) is 30.5 Å². The highest BCUT2D eigenvalue weighted by molar-refractivity contribution is 6.31. The van der Waals surface area contributed by atoms with E-state index in [0.29, 0.717) is 18.1 Å². The molecule has 0 aliphatic carbocycles. The minimum atomic E-state index is -0.186. The first-order chi connectivity index (χ1) is 8.49. The van der Waals surface area contributed by atoms with Crippen LogP contribution in [0.4, 0.5) is 0 Å². The summed E-state index contributed by atoms with van der Waals surface area (Å²) in [6.45, 7) is 3.27. The maximum Gasteiger partial charge on any atom is 0.257 e. The van der Waals surface area contributed by atoms with Crippen LogP contribution < -0.4 is 5.73 Å². The van der Waals surface area contributed by atoms with E-state index in [1.54, 1.807) is 11.0 Å². The second-order valence-electron chi connectivity index (χ2n) is 4.84. The minimum absolute atomic E-state index is 0.0353. The van der Waals surface area contributed by atoms with Crippen LogP contribution in [0, 0.1) is 5.92 Å².